The lowest BCUT2D eigenvalue weighted by molar-refractivity contribution is 0.340. The van der Waals surface area contributed by atoms with Crippen LogP contribution in [0.5, 0.6) is 5.75 Å². The maximum atomic E-state index is 6.03. The van der Waals surface area contributed by atoms with E-state index in [1.54, 1.807) is 0 Å². The summed E-state index contributed by atoms with van der Waals surface area (Å²) in [6.45, 7) is 5.27. The molecule has 2 rings (SSSR count). The van der Waals surface area contributed by atoms with Crippen molar-refractivity contribution in [2.75, 3.05) is 31.2 Å². The predicted octanol–water partition coefficient (Wildman–Crippen LogP) is 1.95. The lowest BCUT2D eigenvalue weighted by Crippen LogP contribution is -2.42. The molecule has 1 saturated heterocycles. The molecule has 1 fully saturated rings. The maximum absolute atomic E-state index is 6.03. The number of hydrogen-bond acceptors (Lipinski definition) is 3. The monoisotopic (exact) mass is 279 g/mol. The molecule has 1 aromatic rings. The van der Waals surface area contributed by atoms with E-state index in [-0.39, 0.29) is 0 Å². The van der Waals surface area contributed by atoms with Crippen LogP contribution in [0.25, 0.3) is 0 Å². The Balaban J connectivity index is 1.94. The first-order valence-electron chi connectivity index (χ1n) is 6.64. The molecule has 0 bridgehead atoms. The summed E-state index contributed by atoms with van der Waals surface area (Å²) in [4.78, 5) is 6.63. The van der Waals surface area contributed by atoms with Crippen molar-refractivity contribution in [3.8, 4) is 5.75 Å². The summed E-state index contributed by atoms with van der Waals surface area (Å²) >= 11 is 1.97. The first-order chi connectivity index (χ1) is 9.29. The van der Waals surface area contributed by atoms with Crippen molar-refractivity contribution in [2.24, 2.45) is 10.7 Å². The number of nitrogens with zero attached hydrogens (tertiary/aromatic N) is 2. The van der Waals surface area contributed by atoms with Crippen LogP contribution in [0.1, 0.15) is 12.5 Å². The van der Waals surface area contributed by atoms with Gasteiger partial charge in [-0.25, -0.2) is 4.99 Å². The van der Waals surface area contributed by atoms with E-state index in [1.165, 1.54) is 0 Å². The highest BCUT2D eigenvalue weighted by atomic mass is 32.2. The van der Waals surface area contributed by atoms with Gasteiger partial charge in [0.1, 0.15) is 5.75 Å². The zero-order valence-electron chi connectivity index (χ0n) is 11.3. The molecule has 0 radical (unpaired) electrons. The van der Waals surface area contributed by atoms with E-state index in [4.69, 9.17) is 10.5 Å². The lowest BCUT2D eigenvalue weighted by atomic mass is 10.2. The second-order valence-electron chi connectivity index (χ2n) is 4.35. The van der Waals surface area contributed by atoms with Crippen LogP contribution in [-0.4, -0.2) is 42.1 Å². The molecule has 1 aliphatic rings. The number of aliphatic imine (C=N–C) groups is 1. The van der Waals surface area contributed by atoms with Gasteiger partial charge in [0.2, 0.25) is 0 Å². The Bertz CT molecular complexity index is 430. The Morgan fingerprint density at radius 1 is 1.42 bits per heavy atom. The summed E-state index contributed by atoms with van der Waals surface area (Å²) in [5.41, 5.74) is 7.15. The van der Waals surface area contributed by atoms with Gasteiger partial charge in [0, 0.05) is 24.6 Å². The topological polar surface area (TPSA) is 50.9 Å². The van der Waals surface area contributed by atoms with Gasteiger partial charge in [-0.05, 0) is 24.6 Å². The quantitative estimate of drug-likeness (QED) is 0.676. The lowest BCUT2D eigenvalue weighted by Gasteiger charge is -2.27. The number of rotatable bonds is 4. The van der Waals surface area contributed by atoms with Crippen LogP contribution in [0, 0.1) is 0 Å². The summed E-state index contributed by atoms with van der Waals surface area (Å²) in [6, 6.07) is 8.02. The molecule has 2 N–H and O–H groups in total. The molecule has 5 heteroatoms. The van der Waals surface area contributed by atoms with Gasteiger partial charge in [-0.1, -0.05) is 12.1 Å². The van der Waals surface area contributed by atoms with Gasteiger partial charge in [-0.15, -0.1) is 0 Å². The van der Waals surface area contributed by atoms with Gasteiger partial charge in [0.05, 0.1) is 13.2 Å². The summed E-state index contributed by atoms with van der Waals surface area (Å²) in [6.07, 6.45) is 0. The van der Waals surface area contributed by atoms with E-state index >= 15 is 0 Å². The normalized spacial score (nSPS) is 16.5. The number of ether oxygens (including phenoxy) is 1. The molecule has 0 saturated carbocycles. The summed E-state index contributed by atoms with van der Waals surface area (Å²) < 4.78 is 5.48. The van der Waals surface area contributed by atoms with Gasteiger partial charge < -0.3 is 15.4 Å². The van der Waals surface area contributed by atoms with E-state index in [1.807, 2.05) is 43.0 Å². The Hall–Kier alpha value is -1.36. The Labute approximate surface area is 119 Å². The van der Waals surface area contributed by atoms with Crippen LogP contribution in [-0.2, 0) is 6.54 Å². The fraction of sp³-hybridized carbons (Fsp3) is 0.500. The minimum Gasteiger partial charge on any atom is -0.494 e. The van der Waals surface area contributed by atoms with Crippen molar-refractivity contribution in [2.45, 2.75) is 13.5 Å². The molecule has 0 unspecified atom stereocenters. The smallest absolute Gasteiger partial charge is 0.191 e. The third-order valence-electron chi connectivity index (χ3n) is 2.97. The van der Waals surface area contributed by atoms with E-state index in [0.717, 1.165) is 35.9 Å². The van der Waals surface area contributed by atoms with Gasteiger partial charge in [-0.3, -0.25) is 0 Å². The van der Waals surface area contributed by atoms with Crippen LogP contribution in [0.4, 0.5) is 0 Å². The van der Waals surface area contributed by atoms with Crippen molar-refractivity contribution in [3.63, 3.8) is 0 Å². The summed E-state index contributed by atoms with van der Waals surface area (Å²) in [5, 5.41) is 0. The summed E-state index contributed by atoms with van der Waals surface area (Å²) in [5.74, 6) is 3.82. The van der Waals surface area contributed by atoms with Crippen molar-refractivity contribution in [1.82, 2.24) is 4.90 Å². The fourth-order valence-corrected chi connectivity index (χ4v) is 2.87. The van der Waals surface area contributed by atoms with Crippen LogP contribution in [0.2, 0.25) is 0 Å². The molecule has 1 aromatic carbocycles. The molecule has 0 aliphatic carbocycles. The molecule has 0 atom stereocenters. The molecule has 4 nitrogen and oxygen atoms in total. The van der Waals surface area contributed by atoms with E-state index in [2.05, 4.69) is 9.89 Å². The Morgan fingerprint density at radius 3 is 2.95 bits per heavy atom. The number of nitrogens with two attached hydrogens (primary N) is 1. The minimum atomic E-state index is 0.608. The van der Waals surface area contributed by atoms with Gasteiger partial charge >= 0.3 is 0 Å². The van der Waals surface area contributed by atoms with Gasteiger partial charge in [-0.2, -0.15) is 11.8 Å². The number of thioether (sulfide) groups is 1. The SMILES string of the molecule is CCOc1cccc(CN=C(N)N2CCSCC2)c1. The number of hydrogen-bond donors (Lipinski definition) is 1. The van der Waals surface area contributed by atoms with E-state index in [9.17, 15) is 0 Å². The maximum Gasteiger partial charge on any atom is 0.191 e. The second-order valence-corrected chi connectivity index (χ2v) is 5.58. The van der Waals surface area contributed by atoms with Crippen LogP contribution in [0.15, 0.2) is 29.3 Å². The van der Waals surface area contributed by atoms with E-state index in [0.29, 0.717) is 19.1 Å². The molecule has 0 spiro atoms. The first-order valence-corrected chi connectivity index (χ1v) is 7.79. The summed E-state index contributed by atoms with van der Waals surface area (Å²) in [7, 11) is 0. The average Bonchev–Trinajstić information content (AvgIpc) is 2.46. The molecular formula is C14H21N3OS. The third kappa shape index (κ3) is 4.35. The third-order valence-corrected chi connectivity index (χ3v) is 3.91. The van der Waals surface area contributed by atoms with Crippen molar-refractivity contribution in [1.29, 1.82) is 0 Å². The zero-order chi connectivity index (χ0) is 13.5. The fourth-order valence-electron chi connectivity index (χ4n) is 1.97. The highest BCUT2D eigenvalue weighted by Gasteiger charge is 2.11. The molecule has 104 valence electrons. The minimum absolute atomic E-state index is 0.608. The zero-order valence-corrected chi connectivity index (χ0v) is 12.2. The van der Waals surface area contributed by atoms with Crippen molar-refractivity contribution in [3.05, 3.63) is 29.8 Å². The standard InChI is InChI=1S/C14H21N3OS/c1-2-18-13-5-3-4-12(10-13)11-16-14(15)17-6-8-19-9-7-17/h3-5,10H,2,6-9,11H2,1H3,(H2,15,16). The predicted molar refractivity (Wildman–Crippen MR) is 81.8 cm³/mol. The number of guanidine groups is 1. The molecule has 19 heavy (non-hydrogen) atoms. The van der Waals surface area contributed by atoms with Gasteiger partial charge in [0.25, 0.3) is 0 Å². The highest BCUT2D eigenvalue weighted by molar-refractivity contribution is 7.99. The number of benzene rings is 1. The molecule has 1 aliphatic heterocycles. The molecule has 0 aromatic heterocycles. The molecular weight excluding hydrogens is 258 g/mol. The van der Waals surface area contributed by atoms with Crippen LogP contribution in [0.3, 0.4) is 0 Å². The average molecular weight is 279 g/mol. The first kappa shape index (κ1) is 14.1. The van der Waals surface area contributed by atoms with Crippen molar-refractivity contribution < 1.29 is 4.74 Å². The second kappa shape index (κ2) is 7.28. The largest absolute Gasteiger partial charge is 0.494 e. The van der Waals surface area contributed by atoms with Crippen LogP contribution < -0.4 is 10.5 Å². The van der Waals surface area contributed by atoms with Crippen LogP contribution >= 0.6 is 11.8 Å². The van der Waals surface area contributed by atoms with E-state index < -0.39 is 0 Å². The molecule has 1 heterocycles. The van der Waals surface area contributed by atoms with Gasteiger partial charge in [0.15, 0.2) is 5.96 Å². The highest BCUT2D eigenvalue weighted by Crippen LogP contribution is 2.14. The Morgan fingerprint density at radius 2 is 2.21 bits per heavy atom. The van der Waals surface area contributed by atoms with Crippen molar-refractivity contribution >= 4 is 17.7 Å². The Kier molecular flexibility index (Phi) is 5.39. The molecule has 0 amide bonds.